The quantitative estimate of drug-likeness (QED) is 0.602. The van der Waals surface area contributed by atoms with E-state index in [1.165, 1.54) is 12.1 Å². The summed E-state index contributed by atoms with van der Waals surface area (Å²) in [6.07, 6.45) is 6.68. The molecule has 0 saturated carbocycles. The third kappa shape index (κ3) is 2.49. The molecule has 2 atom stereocenters. The lowest BCUT2D eigenvalue weighted by atomic mass is 10.1. The molecule has 0 aliphatic carbocycles. The van der Waals surface area contributed by atoms with E-state index in [0.29, 0.717) is 12.1 Å². The van der Waals surface area contributed by atoms with E-state index in [1.807, 2.05) is 35.0 Å². The van der Waals surface area contributed by atoms with Crippen LogP contribution in [0.3, 0.4) is 0 Å². The van der Waals surface area contributed by atoms with E-state index >= 15 is 0 Å². The van der Waals surface area contributed by atoms with Gasteiger partial charge in [0.2, 0.25) is 0 Å². The molecule has 5 heterocycles. The van der Waals surface area contributed by atoms with E-state index in [2.05, 4.69) is 44.5 Å². The summed E-state index contributed by atoms with van der Waals surface area (Å²) in [5.41, 5.74) is 6.28. The van der Waals surface area contributed by atoms with E-state index in [-0.39, 0.29) is 0 Å². The summed E-state index contributed by atoms with van der Waals surface area (Å²) < 4.78 is 1.92. The summed E-state index contributed by atoms with van der Waals surface area (Å²) >= 11 is 0. The van der Waals surface area contributed by atoms with Crippen molar-refractivity contribution >= 4 is 11.3 Å². The Kier molecular flexibility index (Phi) is 3.46. The highest BCUT2D eigenvalue weighted by atomic mass is 15.3. The van der Waals surface area contributed by atoms with Crippen molar-refractivity contribution in [2.45, 2.75) is 18.5 Å². The van der Waals surface area contributed by atoms with Crippen LogP contribution in [0, 0.1) is 0 Å². The van der Waals surface area contributed by atoms with E-state index in [4.69, 9.17) is 5.10 Å². The summed E-state index contributed by atoms with van der Waals surface area (Å²) in [6.45, 7) is 2.21. The molecule has 3 aromatic heterocycles. The van der Waals surface area contributed by atoms with Crippen molar-refractivity contribution in [2.75, 3.05) is 18.0 Å². The number of aromatic nitrogens is 4. The SMILES string of the molecule is c1cc(-c2cc3nccc(-c4ccc(N5C[C@@H]6C[C@H]5CN6)cc4)n3n2)ccn1. The fourth-order valence-corrected chi connectivity index (χ4v) is 4.48. The Morgan fingerprint density at radius 3 is 2.54 bits per heavy atom. The standard InChI is InChI=1S/C22H20N6/c1-3-18(27-14-17-11-19(27)13-25-17)4-2-16(1)21-7-10-24-22-12-20(26-28(21)22)15-5-8-23-9-6-15/h1-10,12,17,19,25H,11,13-14H2/t17-,19-/m0/s1. The van der Waals surface area contributed by atoms with Gasteiger partial charge in [0.1, 0.15) is 0 Å². The van der Waals surface area contributed by atoms with Crippen LogP contribution in [0.4, 0.5) is 5.69 Å². The number of pyridine rings is 1. The molecule has 6 rings (SSSR count). The molecule has 2 aliphatic heterocycles. The van der Waals surface area contributed by atoms with Gasteiger partial charge in [-0.1, -0.05) is 12.1 Å². The first-order chi connectivity index (χ1) is 13.8. The van der Waals surface area contributed by atoms with Crippen molar-refractivity contribution < 1.29 is 0 Å². The van der Waals surface area contributed by atoms with Gasteiger partial charge in [-0.15, -0.1) is 0 Å². The Morgan fingerprint density at radius 2 is 1.79 bits per heavy atom. The van der Waals surface area contributed by atoms with Crippen LogP contribution in [0.15, 0.2) is 67.1 Å². The smallest absolute Gasteiger partial charge is 0.156 e. The van der Waals surface area contributed by atoms with E-state index in [1.54, 1.807) is 12.4 Å². The molecule has 0 spiro atoms. The number of benzene rings is 1. The first-order valence-electron chi connectivity index (χ1n) is 9.71. The minimum absolute atomic E-state index is 0.637. The Morgan fingerprint density at radius 1 is 0.929 bits per heavy atom. The van der Waals surface area contributed by atoms with E-state index < -0.39 is 0 Å². The molecule has 4 aromatic rings. The lowest BCUT2D eigenvalue weighted by Crippen LogP contribution is -2.43. The Bertz CT molecular complexity index is 1130. The van der Waals surface area contributed by atoms with Crippen LogP contribution >= 0.6 is 0 Å². The number of fused-ring (bicyclic) bond motifs is 3. The topological polar surface area (TPSA) is 58.4 Å². The van der Waals surface area contributed by atoms with Gasteiger partial charge in [-0.25, -0.2) is 9.50 Å². The predicted octanol–water partition coefficient (Wildman–Crippen LogP) is 3.01. The molecule has 1 aromatic carbocycles. The van der Waals surface area contributed by atoms with Gasteiger partial charge in [0.15, 0.2) is 5.65 Å². The zero-order chi connectivity index (χ0) is 18.5. The van der Waals surface area contributed by atoms with Crippen LogP contribution in [0.25, 0.3) is 28.2 Å². The number of piperazine rings is 1. The number of nitrogens with zero attached hydrogens (tertiary/aromatic N) is 5. The first-order valence-corrected chi connectivity index (χ1v) is 9.71. The van der Waals surface area contributed by atoms with Gasteiger partial charge in [0.05, 0.1) is 11.4 Å². The van der Waals surface area contributed by atoms with E-state index in [9.17, 15) is 0 Å². The average molecular weight is 368 g/mol. The van der Waals surface area contributed by atoms with Gasteiger partial charge in [-0.3, -0.25) is 4.98 Å². The maximum absolute atomic E-state index is 4.80. The summed E-state index contributed by atoms with van der Waals surface area (Å²) in [6, 6.07) is 18.1. The number of hydrogen-bond acceptors (Lipinski definition) is 5. The van der Waals surface area contributed by atoms with Gasteiger partial charge in [-0.2, -0.15) is 5.10 Å². The first kappa shape index (κ1) is 15.8. The Hall–Kier alpha value is -3.25. The van der Waals surface area contributed by atoms with Crippen LogP contribution in [0.5, 0.6) is 0 Å². The molecule has 0 amide bonds. The summed E-state index contributed by atoms with van der Waals surface area (Å²) in [5, 5.41) is 8.36. The zero-order valence-corrected chi connectivity index (χ0v) is 15.4. The number of nitrogens with one attached hydrogen (secondary N) is 1. The van der Waals surface area contributed by atoms with Gasteiger partial charge < -0.3 is 10.2 Å². The molecular weight excluding hydrogens is 348 g/mol. The van der Waals surface area contributed by atoms with Gasteiger partial charge >= 0.3 is 0 Å². The highest BCUT2D eigenvalue weighted by Gasteiger charge is 2.37. The Labute approximate surface area is 162 Å². The highest BCUT2D eigenvalue weighted by Crippen LogP contribution is 2.31. The van der Waals surface area contributed by atoms with Crippen molar-refractivity contribution in [1.29, 1.82) is 0 Å². The van der Waals surface area contributed by atoms with Crippen LogP contribution in [0.1, 0.15) is 6.42 Å². The molecule has 1 N–H and O–H groups in total. The maximum atomic E-state index is 4.80. The molecule has 6 heteroatoms. The summed E-state index contributed by atoms with van der Waals surface area (Å²) in [4.78, 5) is 11.1. The number of rotatable bonds is 3. The summed E-state index contributed by atoms with van der Waals surface area (Å²) in [5.74, 6) is 0. The number of hydrogen-bond donors (Lipinski definition) is 1. The van der Waals surface area contributed by atoms with Crippen molar-refractivity contribution in [3.63, 3.8) is 0 Å². The zero-order valence-electron chi connectivity index (χ0n) is 15.4. The lowest BCUT2D eigenvalue weighted by molar-refractivity contribution is 0.580. The van der Waals surface area contributed by atoms with E-state index in [0.717, 1.165) is 41.3 Å². The largest absolute Gasteiger partial charge is 0.366 e. The average Bonchev–Trinajstić information content (AvgIpc) is 3.49. The molecule has 138 valence electrons. The molecule has 0 radical (unpaired) electrons. The van der Waals surface area contributed by atoms with Crippen molar-refractivity contribution in [1.82, 2.24) is 24.9 Å². The molecule has 2 fully saturated rings. The van der Waals surface area contributed by atoms with Crippen LogP contribution in [-0.2, 0) is 0 Å². The second-order valence-corrected chi connectivity index (χ2v) is 7.56. The minimum Gasteiger partial charge on any atom is -0.366 e. The van der Waals surface area contributed by atoms with Crippen LogP contribution < -0.4 is 10.2 Å². The number of anilines is 1. The molecule has 6 nitrogen and oxygen atoms in total. The molecule has 0 unspecified atom stereocenters. The molecule has 28 heavy (non-hydrogen) atoms. The second kappa shape index (κ2) is 6.14. The van der Waals surface area contributed by atoms with Crippen molar-refractivity contribution in [3.8, 4) is 22.5 Å². The molecule has 2 saturated heterocycles. The van der Waals surface area contributed by atoms with Crippen molar-refractivity contribution in [2.24, 2.45) is 0 Å². The van der Waals surface area contributed by atoms with Crippen molar-refractivity contribution in [3.05, 3.63) is 67.1 Å². The highest BCUT2D eigenvalue weighted by molar-refractivity contribution is 5.69. The minimum atomic E-state index is 0.637. The van der Waals surface area contributed by atoms with Gasteiger partial charge in [0.25, 0.3) is 0 Å². The third-order valence-corrected chi connectivity index (χ3v) is 5.89. The third-order valence-electron chi connectivity index (χ3n) is 5.89. The van der Waals surface area contributed by atoms with Crippen LogP contribution in [-0.4, -0.2) is 44.8 Å². The Balaban J connectivity index is 1.37. The fourth-order valence-electron chi connectivity index (χ4n) is 4.48. The maximum Gasteiger partial charge on any atom is 0.156 e. The normalized spacial score (nSPS) is 20.9. The second-order valence-electron chi connectivity index (χ2n) is 7.56. The predicted molar refractivity (Wildman–Crippen MR) is 109 cm³/mol. The molecule has 2 aliphatic rings. The van der Waals surface area contributed by atoms with Gasteiger partial charge in [-0.05, 0) is 36.8 Å². The fraction of sp³-hybridized carbons (Fsp3) is 0.227. The monoisotopic (exact) mass is 368 g/mol. The van der Waals surface area contributed by atoms with Crippen LogP contribution in [0.2, 0.25) is 0 Å². The lowest BCUT2D eigenvalue weighted by Gasteiger charge is -2.29. The summed E-state index contributed by atoms with van der Waals surface area (Å²) in [7, 11) is 0. The molecule has 2 bridgehead atoms. The van der Waals surface area contributed by atoms with Gasteiger partial charge in [0, 0.05) is 66.6 Å². The molecular formula is C22H20N6.